The predicted octanol–water partition coefficient (Wildman–Crippen LogP) is 4.84. The Morgan fingerprint density at radius 3 is 2.78 bits per heavy atom. The third kappa shape index (κ3) is 4.02. The molecule has 0 bridgehead atoms. The summed E-state index contributed by atoms with van der Waals surface area (Å²) in [5.41, 5.74) is 2.26. The topological polar surface area (TPSA) is 41.1 Å². The molecule has 1 aliphatic rings. The van der Waals surface area contributed by atoms with Crippen LogP contribution in [0.4, 0.5) is 17.3 Å². The zero-order valence-electron chi connectivity index (χ0n) is 13.9. The number of piperidine rings is 1. The van der Waals surface area contributed by atoms with Gasteiger partial charge in [-0.3, -0.25) is 0 Å². The molecule has 0 saturated carbocycles. The first-order valence-electron chi connectivity index (χ1n) is 8.15. The van der Waals surface area contributed by atoms with E-state index in [1.807, 2.05) is 13.0 Å². The summed E-state index contributed by atoms with van der Waals surface area (Å²) in [4.78, 5) is 11.6. The summed E-state index contributed by atoms with van der Waals surface area (Å²) in [6.45, 7) is 8.51. The van der Waals surface area contributed by atoms with Crippen molar-refractivity contribution in [3.8, 4) is 0 Å². The van der Waals surface area contributed by atoms with Crippen molar-refractivity contribution < 1.29 is 0 Å². The summed E-state index contributed by atoms with van der Waals surface area (Å²) < 4.78 is 1.09. The Balaban J connectivity index is 1.85. The molecule has 2 aromatic rings. The van der Waals surface area contributed by atoms with Crippen LogP contribution >= 0.6 is 15.9 Å². The van der Waals surface area contributed by atoms with Crippen LogP contribution in [0, 0.1) is 19.8 Å². The van der Waals surface area contributed by atoms with E-state index in [-0.39, 0.29) is 0 Å². The van der Waals surface area contributed by atoms with Gasteiger partial charge >= 0.3 is 0 Å². The molecule has 0 spiro atoms. The minimum Gasteiger partial charge on any atom is -0.356 e. The van der Waals surface area contributed by atoms with Crippen molar-refractivity contribution in [2.75, 3.05) is 23.3 Å². The van der Waals surface area contributed by atoms with Crippen molar-refractivity contribution in [1.29, 1.82) is 0 Å². The lowest BCUT2D eigenvalue weighted by Crippen LogP contribution is -2.35. The number of benzene rings is 1. The van der Waals surface area contributed by atoms with Gasteiger partial charge < -0.3 is 10.2 Å². The van der Waals surface area contributed by atoms with Gasteiger partial charge in [-0.25, -0.2) is 9.97 Å². The summed E-state index contributed by atoms with van der Waals surface area (Å²) in [6, 6.07) is 8.27. The number of aryl methyl sites for hydroxylation is 2. The van der Waals surface area contributed by atoms with Gasteiger partial charge in [0.1, 0.15) is 17.5 Å². The predicted molar refractivity (Wildman–Crippen MR) is 99.5 cm³/mol. The molecule has 1 aliphatic heterocycles. The maximum Gasteiger partial charge on any atom is 0.136 e. The molecule has 1 atom stereocenters. The van der Waals surface area contributed by atoms with Crippen LogP contribution in [-0.4, -0.2) is 23.1 Å². The Morgan fingerprint density at radius 2 is 2.04 bits per heavy atom. The van der Waals surface area contributed by atoms with Crippen molar-refractivity contribution in [3.63, 3.8) is 0 Å². The number of nitrogens with zero attached hydrogens (tertiary/aromatic N) is 3. The first-order chi connectivity index (χ1) is 11.0. The molecule has 2 heterocycles. The maximum atomic E-state index is 4.64. The summed E-state index contributed by atoms with van der Waals surface area (Å²) in [6.07, 6.45) is 2.54. The number of anilines is 3. The highest BCUT2D eigenvalue weighted by Gasteiger charge is 2.18. The van der Waals surface area contributed by atoms with Crippen LogP contribution in [0.3, 0.4) is 0 Å². The number of hydrogen-bond donors (Lipinski definition) is 1. The van der Waals surface area contributed by atoms with Crippen LogP contribution in [0.15, 0.2) is 28.7 Å². The van der Waals surface area contributed by atoms with Crippen LogP contribution in [0.1, 0.15) is 31.2 Å². The SMILES string of the molecule is Cc1nc(Nc2ccc(Br)cc2C)cc(N2CCCC(C)C2)n1. The standard InChI is InChI=1S/C18H23BrN4/c1-12-5-4-8-23(11-12)18-10-17(20-14(3)21-18)22-16-7-6-15(19)9-13(16)2/h6-7,9-10,12H,4-5,8,11H2,1-3H3,(H,20,21,22). The van der Waals surface area contributed by atoms with E-state index in [2.05, 4.69) is 68.2 Å². The molecule has 1 saturated heterocycles. The lowest BCUT2D eigenvalue weighted by Gasteiger charge is -2.32. The number of aromatic nitrogens is 2. The normalized spacial score (nSPS) is 18.1. The lowest BCUT2D eigenvalue weighted by atomic mass is 10.0. The fourth-order valence-corrected chi connectivity index (χ4v) is 3.56. The maximum absolute atomic E-state index is 4.64. The number of nitrogens with one attached hydrogen (secondary N) is 1. The Hall–Kier alpha value is -1.62. The zero-order chi connectivity index (χ0) is 16.4. The van der Waals surface area contributed by atoms with Crippen LogP contribution in [-0.2, 0) is 0 Å². The summed E-state index contributed by atoms with van der Waals surface area (Å²) in [5.74, 6) is 3.42. The average Bonchev–Trinajstić information content (AvgIpc) is 2.50. The van der Waals surface area contributed by atoms with E-state index in [1.165, 1.54) is 18.4 Å². The molecule has 1 unspecified atom stereocenters. The van der Waals surface area contributed by atoms with Gasteiger partial charge in [0.2, 0.25) is 0 Å². The molecule has 4 nitrogen and oxygen atoms in total. The summed E-state index contributed by atoms with van der Waals surface area (Å²) in [7, 11) is 0. The number of halogens is 1. The fourth-order valence-electron chi connectivity index (χ4n) is 3.08. The van der Waals surface area contributed by atoms with E-state index < -0.39 is 0 Å². The molecule has 0 radical (unpaired) electrons. The first kappa shape index (κ1) is 16.2. The van der Waals surface area contributed by atoms with Gasteiger partial charge in [0.15, 0.2) is 0 Å². The second-order valence-corrected chi connectivity index (χ2v) is 7.35. The molecular weight excluding hydrogens is 352 g/mol. The summed E-state index contributed by atoms with van der Waals surface area (Å²) in [5, 5.41) is 3.43. The molecule has 1 aromatic carbocycles. The van der Waals surface area contributed by atoms with Crippen molar-refractivity contribution in [2.24, 2.45) is 5.92 Å². The van der Waals surface area contributed by atoms with E-state index in [9.17, 15) is 0 Å². The minimum absolute atomic E-state index is 0.726. The highest BCUT2D eigenvalue weighted by Crippen LogP contribution is 2.26. The van der Waals surface area contributed by atoms with Crippen molar-refractivity contribution in [1.82, 2.24) is 9.97 Å². The van der Waals surface area contributed by atoms with Gasteiger partial charge in [-0.05, 0) is 56.4 Å². The first-order valence-corrected chi connectivity index (χ1v) is 8.94. The summed E-state index contributed by atoms with van der Waals surface area (Å²) >= 11 is 3.50. The quantitative estimate of drug-likeness (QED) is 0.834. The van der Waals surface area contributed by atoms with Gasteiger partial charge in [0.25, 0.3) is 0 Å². The molecule has 1 N–H and O–H groups in total. The molecule has 0 aliphatic carbocycles. The van der Waals surface area contributed by atoms with Gasteiger partial charge in [0, 0.05) is 29.3 Å². The third-order valence-electron chi connectivity index (χ3n) is 4.26. The Morgan fingerprint density at radius 1 is 1.22 bits per heavy atom. The van der Waals surface area contributed by atoms with E-state index in [4.69, 9.17) is 0 Å². The molecule has 1 aromatic heterocycles. The molecule has 0 amide bonds. The fraction of sp³-hybridized carbons (Fsp3) is 0.444. The molecule has 1 fully saturated rings. The molecule has 3 rings (SSSR count). The van der Waals surface area contributed by atoms with E-state index in [1.54, 1.807) is 0 Å². The minimum atomic E-state index is 0.726. The number of rotatable bonds is 3. The van der Waals surface area contributed by atoms with Crippen molar-refractivity contribution in [2.45, 2.75) is 33.6 Å². The van der Waals surface area contributed by atoms with Gasteiger partial charge in [0.05, 0.1) is 0 Å². The highest BCUT2D eigenvalue weighted by molar-refractivity contribution is 9.10. The van der Waals surface area contributed by atoms with Gasteiger partial charge in [-0.2, -0.15) is 0 Å². The van der Waals surface area contributed by atoms with E-state index in [0.717, 1.165) is 46.6 Å². The van der Waals surface area contributed by atoms with E-state index in [0.29, 0.717) is 0 Å². The van der Waals surface area contributed by atoms with Crippen molar-refractivity contribution >= 4 is 33.3 Å². The van der Waals surface area contributed by atoms with Crippen LogP contribution in [0.5, 0.6) is 0 Å². The number of hydrogen-bond acceptors (Lipinski definition) is 4. The Kier molecular flexibility index (Phi) is 4.85. The molecule has 122 valence electrons. The van der Waals surface area contributed by atoms with Crippen LogP contribution in [0.25, 0.3) is 0 Å². The largest absolute Gasteiger partial charge is 0.356 e. The van der Waals surface area contributed by atoms with Gasteiger partial charge in [-0.1, -0.05) is 22.9 Å². The average molecular weight is 375 g/mol. The lowest BCUT2D eigenvalue weighted by molar-refractivity contribution is 0.444. The smallest absolute Gasteiger partial charge is 0.136 e. The monoisotopic (exact) mass is 374 g/mol. The van der Waals surface area contributed by atoms with Crippen molar-refractivity contribution in [3.05, 3.63) is 40.1 Å². The highest BCUT2D eigenvalue weighted by atomic mass is 79.9. The van der Waals surface area contributed by atoms with Gasteiger partial charge in [-0.15, -0.1) is 0 Å². The molecular formula is C18H23BrN4. The Labute approximate surface area is 146 Å². The zero-order valence-corrected chi connectivity index (χ0v) is 15.5. The van der Waals surface area contributed by atoms with Crippen LogP contribution in [0.2, 0.25) is 0 Å². The van der Waals surface area contributed by atoms with E-state index >= 15 is 0 Å². The second kappa shape index (κ2) is 6.87. The molecule has 5 heteroatoms. The van der Waals surface area contributed by atoms with Crippen LogP contribution < -0.4 is 10.2 Å². The Bertz CT molecular complexity index is 701. The second-order valence-electron chi connectivity index (χ2n) is 6.44. The third-order valence-corrected chi connectivity index (χ3v) is 4.75. The molecule has 23 heavy (non-hydrogen) atoms.